The SMILES string of the molecule is NNc1nc2cc3ccccc3cc2s1. The quantitative estimate of drug-likeness (QED) is 0.484. The highest BCUT2D eigenvalue weighted by atomic mass is 32.1. The van der Waals surface area contributed by atoms with Crippen LogP contribution in [0.25, 0.3) is 21.0 Å². The second-order valence-corrected chi connectivity index (χ2v) is 4.36. The number of nitrogen functional groups attached to an aromatic ring is 1. The van der Waals surface area contributed by atoms with Gasteiger partial charge in [-0.3, -0.25) is 5.43 Å². The number of rotatable bonds is 1. The molecule has 3 nitrogen and oxygen atoms in total. The van der Waals surface area contributed by atoms with E-state index in [1.165, 1.54) is 10.8 Å². The van der Waals surface area contributed by atoms with Gasteiger partial charge in [0.05, 0.1) is 10.2 Å². The molecule has 0 saturated carbocycles. The van der Waals surface area contributed by atoms with Crippen molar-refractivity contribution in [3.05, 3.63) is 36.4 Å². The largest absolute Gasteiger partial charge is 0.300 e. The van der Waals surface area contributed by atoms with Gasteiger partial charge in [0, 0.05) is 0 Å². The molecule has 0 amide bonds. The molecule has 0 aliphatic carbocycles. The molecule has 2 aromatic carbocycles. The average Bonchev–Trinajstić information content (AvgIpc) is 2.67. The summed E-state index contributed by atoms with van der Waals surface area (Å²) < 4.78 is 1.15. The molecule has 0 atom stereocenters. The maximum absolute atomic E-state index is 5.34. The minimum Gasteiger partial charge on any atom is -0.300 e. The molecule has 0 unspecified atom stereocenters. The third-order valence-electron chi connectivity index (χ3n) is 2.38. The van der Waals surface area contributed by atoms with Crippen molar-refractivity contribution in [3.8, 4) is 0 Å². The molecule has 0 spiro atoms. The summed E-state index contributed by atoms with van der Waals surface area (Å²) in [5.74, 6) is 5.34. The number of thiazole rings is 1. The molecule has 0 aliphatic rings. The highest BCUT2D eigenvalue weighted by Gasteiger charge is 2.03. The van der Waals surface area contributed by atoms with E-state index in [0.717, 1.165) is 15.3 Å². The maximum Gasteiger partial charge on any atom is 0.198 e. The smallest absolute Gasteiger partial charge is 0.198 e. The third-order valence-corrected chi connectivity index (χ3v) is 3.33. The molecule has 0 fully saturated rings. The molecule has 3 aromatic rings. The molecular formula is C11H9N3S. The Labute approximate surface area is 90.5 Å². The van der Waals surface area contributed by atoms with Gasteiger partial charge >= 0.3 is 0 Å². The Morgan fingerprint density at radius 3 is 2.60 bits per heavy atom. The van der Waals surface area contributed by atoms with E-state index in [1.807, 2.05) is 12.1 Å². The zero-order valence-electron chi connectivity index (χ0n) is 7.90. The van der Waals surface area contributed by atoms with Gasteiger partial charge in [0.2, 0.25) is 0 Å². The minimum absolute atomic E-state index is 0.750. The van der Waals surface area contributed by atoms with Crippen LogP contribution < -0.4 is 11.3 Å². The number of nitrogens with two attached hydrogens (primary N) is 1. The van der Waals surface area contributed by atoms with Crippen LogP contribution in [0.3, 0.4) is 0 Å². The van der Waals surface area contributed by atoms with E-state index in [9.17, 15) is 0 Å². The van der Waals surface area contributed by atoms with Crippen LogP contribution in [0.15, 0.2) is 36.4 Å². The first-order chi connectivity index (χ1) is 7.36. The van der Waals surface area contributed by atoms with Gasteiger partial charge < -0.3 is 0 Å². The van der Waals surface area contributed by atoms with Gasteiger partial charge in [0.15, 0.2) is 5.13 Å². The number of hydrogen-bond donors (Lipinski definition) is 2. The van der Waals surface area contributed by atoms with E-state index in [2.05, 4.69) is 34.7 Å². The van der Waals surface area contributed by atoms with Gasteiger partial charge in [-0.2, -0.15) is 0 Å². The van der Waals surface area contributed by atoms with Crippen molar-refractivity contribution in [1.29, 1.82) is 0 Å². The molecule has 3 rings (SSSR count). The Morgan fingerprint density at radius 2 is 1.87 bits per heavy atom. The van der Waals surface area contributed by atoms with Gasteiger partial charge in [0.25, 0.3) is 0 Å². The van der Waals surface area contributed by atoms with Gasteiger partial charge in [-0.25, -0.2) is 10.8 Å². The number of aromatic nitrogens is 1. The van der Waals surface area contributed by atoms with Crippen molar-refractivity contribution < 1.29 is 0 Å². The number of fused-ring (bicyclic) bond motifs is 2. The lowest BCUT2D eigenvalue weighted by atomic mass is 10.1. The number of hydrogen-bond acceptors (Lipinski definition) is 4. The van der Waals surface area contributed by atoms with E-state index < -0.39 is 0 Å². The molecule has 15 heavy (non-hydrogen) atoms. The average molecular weight is 215 g/mol. The number of benzene rings is 2. The van der Waals surface area contributed by atoms with E-state index in [1.54, 1.807) is 11.3 Å². The zero-order chi connectivity index (χ0) is 10.3. The second-order valence-electron chi connectivity index (χ2n) is 3.33. The monoisotopic (exact) mass is 215 g/mol. The van der Waals surface area contributed by atoms with Crippen molar-refractivity contribution in [2.75, 3.05) is 5.43 Å². The fraction of sp³-hybridized carbons (Fsp3) is 0. The van der Waals surface area contributed by atoms with Crippen molar-refractivity contribution >= 4 is 37.5 Å². The van der Waals surface area contributed by atoms with Crippen molar-refractivity contribution in [1.82, 2.24) is 4.98 Å². The van der Waals surface area contributed by atoms with Crippen LogP contribution in [-0.2, 0) is 0 Å². The molecular weight excluding hydrogens is 206 g/mol. The van der Waals surface area contributed by atoms with Gasteiger partial charge in [-0.05, 0) is 22.9 Å². The zero-order valence-corrected chi connectivity index (χ0v) is 8.71. The molecule has 0 radical (unpaired) electrons. The van der Waals surface area contributed by atoms with Crippen LogP contribution in [0.2, 0.25) is 0 Å². The summed E-state index contributed by atoms with van der Waals surface area (Å²) in [5, 5.41) is 3.19. The fourth-order valence-corrected chi connectivity index (χ4v) is 2.48. The lowest BCUT2D eigenvalue weighted by Crippen LogP contribution is -2.05. The maximum atomic E-state index is 5.34. The van der Waals surface area contributed by atoms with Crippen LogP contribution in [-0.4, -0.2) is 4.98 Å². The molecule has 1 heterocycles. The van der Waals surface area contributed by atoms with Crippen LogP contribution in [0.5, 0.6) is 0 Å². The second kappa shape index (κ2) is 3.18. The summed E-state index contributed by atoms with van der Waals surface area (Å²) in [5.41, 5.74) is 3.57. The van der Waals surface area contributed by atoms with Crippen molar-refractivity contribution in [2.24, 2.45) is 5.84 Å². The molecule has 0 bridgehead atoms. The molecule has 74 valence electrons. The summed E-state index contributed by atoms with van der Waals surface area (Å²) in [7, 11) is 0. The normalized spacial score (nSPS) is 11.0. The molecule has 3 N–H and O–H groups in total. The Balaban J connectivity index is 2.39. The van der Waals surface area contributed by atoms with E-state index >= 15 is 0 Å². The van der Waals surface area contributed by atoms with E-state index in [0.29, 0.717) is 0 Å². The summed E-state index contributed by atoms with van der Waals surface area (Å²) in [6, 6.07) is 12.5. The van der Waals surface area contributed by atoms with E-state index in [4.69, 9.17) is 5.84 Å². The standard InChI is InChI=1S/C11H9N3S/c12-14-11-13-9-5-7-3-1-2-4-8(7)6-10(9)15-11/h1-6H,12H2,(H,13,14). The highest BCUT2D eigenvalue weighted by Crippen LogP contribution is 2.29. The molecule has 0 saturated heterocycles. The van der Waals surface area contributed by atoms with E-state index in [-0.39, 0.29) is 0 Å². The summed E-state index contributed by atoms with van der Waals surface area (Å²) in [4.78, 5) is 4.36. The predicted molar refractivity (Wildman–Crippen MR) is 64.9 cm³/mol. The summed E-state index contributed by atoms with van der Waals surface area (Å²) in [6.45, 7) is 0. The molecule has 1 aromatic heterocycles. The fourth-order valence-electron chi connectivity index (χ4n) is 1.67. The first-order valence-corrected chi connectivity index (χ1v) is 5.44. The third kappa shape index (κ3) is 1.35. The predicted octanol–water partition coefficient (Wildman–Crippen LogP) is 2.74. The van der Waals surface area contributed by atoms with Gasteiger partial charge in [-0.15, -0.1) is 0 Å². The van der Waals surface area contributed by atoms with Crippen LogP contribution >= 0.6 is 11.3 Å². The first kappa shape index (κ1) is 8.64. The number of nitrogens with one attached hydrogen (secondary N) is 1. The molecule has 4 heteroatoms. The van der Waals surface area contributed by atoms with Crippen LogP contribution in [0.4, 0.5) is 5.13 Å². The van der Waals surface area contributed by atoms with Crippen molar-refractivity contribution in [3.63, 3.8) is 0 Å². The number of hydrazine groups is 1. The number of anilines is 1. The first-order valence-electron chi connectivity index (χ1n) is 4.63. The van der Waals surface area contributed by atoms with Gasteiger partial charge in [0.1, 0.15) is 0 Å². The summed E-state index contributed by atoms with van der Waals surface area (Å²) in [6.07, 6.45) is 0. The highest BCUT2D eigenvalue weighted by molar-refractivity contribution is 7.22. The lowest BCUT2D eigenvalue weighted by molar-refractivity contribution is 1.31. The summed E-state index contributed by atoms with van der Waals surface area (Å²) >= 11 is 1.56. The van der Waals surface area contributed by atoms with Crippen LogP contribution in [0, 0.1) is 0 Å². The lowest BCUT2D eigenvalue weighted by Gasteiger charge is -1.95. The Morgan fingerprint density at radius 1 is 1.13 bits per heavy atom. The minimum atomic E-state index is 0.750. The van der Waals surface area contributed by atoms with Crippen molar-refractivity contribution in [2.45, 2.75) is 0 Å². The molecule has 0 aliphatic heterocycles. The topological polar surface area (TPSA) is 50.9 Å². The Bertz CT molecular complexity index is 577. The number of nitrogens with zero attached hydrogens (tertiary/aromatic N) is 1. The Hall–Kier alpha value is -1.65. The van der Waals surface area contributed by atoms with Crippen LogP contribution in [0.1, 0.15) is 0 Å². The van der Waals surface area contributed by atoms with Gasteiger partial charge in [-0.1, -0.05) is 35.6 Å². The Kier molecular flexibility index (Phi) is 1.83.